The van der Waals surface area contributed by atoms with Crippen LogP contribution in [0.1, 0.15) is 45.5 Å². The van der Waals surface area contributed by atoms with Gasteiger partial charge in [0.25, 0.3) is 5.91 Å². The van der Waals surface area contributed by atoms with Crippen LogP contribution in [-0.2, 0) is 10.2 Å². The lowest BCUT2D eigenvalue weighted by molar-refractivity contribution is 0.0487. The van der Waals surface area contributed by atoms with Gasteiger partial charge in [-0.3, -0.25) is 4.79 Å². The van der Waals surface area contributed by atoms with E-state index in [1.54, 1.807) is 0 Å². The molecule has 1 heterocycles. The summed E-state index contributed by atoms with van der Waals surface area (Å²) in [5.74, 6) is 0.000999. The average molecular weight is 337 g/mol. The van der Waals surface area contributed by atoms with E-state index in [2.05, 4.69) is 43.4 Å². The number of amides is 1. The summed E-state index contributed by atoms with van der Waals surface area (Å²) in [4.78, 5) is 12.6. The maximum absolute atomic E-state index is 12.6. The number of carbonyl (C=O) groups excluding carboxylic acids is 1. The van der Waals surface area contributed by atoms with E-state index in [1.807, 2.05) is 25.1 Å². The monoisotopic (exact) mass is 337 g/mol. The van der Waals surface area contributed by atoms with Crippen LogP contribution in [0, 0.1) is 20.8 Å². The van der Waals surface area contributed by atoms with Crippen LogP contribution in [0.2, 0.25) is 0 Å². The molecule has 132 valence electrons. The van der Waals surface area contributed by atoms with Crippen molar-refractivity contribution in [2.45, 2.75) is 39.0 Å². The van der Waals surface area contributed by atoms with Crippen LogP contribution in [-0.4, -0.2) is 25.7 Å². The maximum atomic E-state index is 12.6. The van der Waals surface area contributed by atoms with Gasteiger partial charge in [-0.25, -0.2) is 0 Å². The van der Waals surface area contributed by atoms with Gasteiger partial charge in [0.2, 0.25) is 0 Å². The van der Waals surface area contributed by atoms with Gasteiger partial charge in [0.15, 0.2) is 0 Å². The van der Waals surface area contributed by atoms with Crippen LogP contribution in [0.25, 0.3) is 0 Å². The molecule has 0 unspecified atom stereocenters. The molecule has 1 fully saturated rings. The Morgan fingerprint density at radius 2 is 1.68 bits per heavy atom. The van der Waals surface area contributed by atoms with Gasteiger partial charge in [-0.05, 0) is 62.4 Å². The quantitative estimate of drug-likeness (QED) is 0.912. The predicted octanol–water partition coefficient (Wildman–Crippen LogP) is 4.09. The van der Waals surface area contributed by atoms with Crippen LogP contribution in [0.4, 0.5) is 0 Å². The molecule has 3 heteroatoms. The molecule has 25 heavy (non-hydrogen) atoms. The van der Waals surface area contributed by atoms with Crippen molar-refractivity contribution >= 4 is 5.91 Å². The van der Waals surface area contributed by atoms with E-state index in [-0.39, 0.29) is 11.3 Å². The number of ether oxygens (including phenoxy) is 1. The Hall–Kier alpha value is -2.13. The molecule has 3 nitrogen and oxygen atoms in total. The third-order valence-electron chi connectivity index (χ3n) is 5.47. The minimum absolute atomic E-state index is 0.000999. The molecule has 0 bridgehead atoms. The smallest absolute Gasteiger partial charge is 0.251 e. The highest BCUT2D eigenvalue weighted by Crippen LogP contribution is 2.34. The average Bonchev–Trinajstić information content (AvgIpc) is 2.63. The highest BCUT2D eigenvalue weighted by atomic mass is 16.5. The third-order valence-corrected chi connectivity index (χ3v) is 5.47. The normalized spacial score (nSPS) is 16.4. The topological polar surface area (TPSA) is 38.3 Å². The lowest BCUT2D eigenvalue weighted by Gasteiger charge is -2.38. The highest BCUT2D eigenvalue weighted by Gasteiger charge is 2.34. The van der Waals surface area contributed by atoms with E-state index in [0.717, 1.165) is 37.2 Å². The van der Waals surface area contributed by atoms with E-state index in [9.17, 15) is 4.79 Å². The molecule has 3 rings (SSSR count). The minimum atomic E-state index is -0.0403. The fourth-order valence-electron chi connectivity index (χ4n) is 3.47. The first-order valence-corrected chi connectivity index (χ1v) is 9.01. The van der Waals surface area contributed by atoms with Gasteiger partial charge in [-0.1, -0.05) is 35.9 Å². The van der Waals surface area contributed by atoms with Crippen molar-refractivity contribution in [3.05, 3.63) is 70.3 Å². The first-order chi connectivity index (χ1) is 12.0. The summed E-state index contributed by atoms with van der Waals surface area (Å²) in [5.41, 5.74) is 5.59. The summed E-state index contributed by atoms with van der Waals surface area (Å²) in [5, 5.41) is 3.17. The molecule has 1 amide bonds. The molecule has 1 saturated heterocycles. The standard InChI is InChI=1S/C22H27NO2/c1-16-4-8-20(9-5-16)22(10-12-25-13-11-22)15-23-21(24)19-7-6-17(2)18(3)14-19/h4-9,14H,10-13,15H2,1-3H3,(H,23,24). The Balaban J connectivity index is 1.77. The minimum Gasteiger partial charge on any atom is -0.381 e. The van der Waals surface area contributed by atoms with Gasteiger partial charge < -0.3 is 10.1 Å². The van der Waals surface area contributed by atoms with Crippen molar-refractivity contribution in [3.63, 3.8) is 0 Å². The molecule has 2 aromatic carbocycles. The summed E-state index contributed by atoms with van der Waals surface area (Å²) in [6.07, 6.45) is 1.87. The molecule has 1 aliphatic rings. The molecule has 1 N–H and O–H groups in total. The lowest BCUT2D eigenvalue weighted by atomic mass is 9.74. The van der Waals surface area contributed by atoms with Gasteiger partial charge in [0.1, 0.15) is 0 Å². The van der Waals surface area contributed by atoms with Crippen molar-refractivity contribution in [2.24, 2.45) is 0 Å². The molecule has 0 radical (unpaired) electrons. The molecule has 0 aliphatic carbocycles. The van der Waals surface area contributed by atoms with Gasteiger partial charge >= 0.3 is 0 Å². The number of carbonyl (C=O) groups is 1. The van der Waals surface area contributed by atoms with Crippen LogP contribution >= 0.6 is 0 Å². The molecular weight excluding hydrogens is 310 g/mol. The van der Waals surface area contributed by atoms with Gasteiger partial charge in [-0.2, -0.15) is 0 Å². The van der Waals surface area contributed by atoms with Crippen molar-refractivity contribution < 1.29 is 9.53 Å². The second-order valence-corrected chi connectivity index (χ2v) is 7.24. The Kier molecular flexibility index (Phi) is 5.24. The first kappa shape index (κ1) is 17.7. The second kappa shape index (κ2) is 7.40. The van der Waals surface area contributed by atoms with Crippen LogP contribution in [0.15, 0.2) is 42.5 Å². The van der Waals surface area contributed by atoms with Gasteiger partial charge in [0, 0.05) is 30.7 Å². The number of nitrogens with one attached hydrogen (secondary N) is 1. The molecule has 0 aromatic heterocycles. The van der Waals surface area contributed by atoms with E-state index in [4.69, 9.17) is 4.74 Å². The number of hydrogen-bond acceptors (Lipinski definition) is 2. The van der Waals surface area contributed by atoms with Crippen LogP contribution in [0.5, 0.6) is 0 Å². The Bertz CT molecular complexity index is 743. The molecule has 2 aromatic rings. The second-order valence-electron chi connectivity index (χ2n) is 7.24. The fourth-order valence-corrected chi connectivity index (χ4v) is 3.47. The number of benzene rings is 2. The zero-order valence-electron chi connectivity index (χ0n) is 15.4. The van der Waals surface area contributed by atoms with Gasteiger partial charge in [-0.15, -0.1) is 0 Å². The van der Waals surface area contributed by atoms with Crippen molar-refractivity contribution in [3.8, 4) is 0 Å². The molecule has 1 aliphatic heterocycles. The van der Waals surface area contributed by atoms with E-state index >= 15 is 0 Å². The number of aryl methyl sites for hydroxylation is 3. The summed E-state index contributed by atoms with van der Waals surface area (Å²) in [6, 6.07) is 14.6. The Morgan fingerprint density at radius 1 is 1.00 bits per heavy atom. The van der Waals surface area contributed by atoms with Gasteiger partial charge in [0.05, 0.1) is 0 Å². The molecule has 0 spiro atoms. The number of hydrogen-bond donors (Lipinski definition) is 1. The number of rotatable bonds is 4. The first-order valence-electron chi connectivity index (χ1n) is 9.01. The van der Waals surface area contributed by atoms with Crippen molar-refractivity contribution in [1.82, 2.24) is 5.32 Å². The van der Waals surface area contributed by atoms with E-state index in [1.165, 1.54) is 16.7 Å². The zero-order chi connectivity index (χ0) is 17.9. The third kappa shape index (κ3) is 3.93. The largest absolute Gasteiger partial charge is 0.381 e. The van der Waals surface area contributed by atoms with Crippen LogP contribution < -0.4 is 5.32 Å². The van der Waals surface area contributed by atoms with Crippen molar-refractivity contribution in [1.29, 1.82) is 0 Å². The molecule has 0 saturated carbocycles. The summed E-state index contributed by atoms with van der Waals surface area (Å²) < 4.78 is 5.58. The van der Waals surface area contributed by atoms with Crippen molar-refractivity contribution in [2.75, 3.05) is 19.8 Å². The summed E-state index contributed by atoms with van der Waals surface area (Å²) in [6.45, 7) is 8.33. The van der Waals surface area contributed by atoms with E-state index in [0.29, 0.717) is 6.54 Å². The molecular formula is C22H27NO2. The maximum Gasteiger partial charge on any atom is 0.251 e. The molecule has 0 atom stereocenters. The van der Waals surface area contributed by atoms with Crippen LogP contribution in [0.3, 0.4) is 0 Å². The fraction of sp³-hybridized carbons (Fsp3) is 0.409. The summed E-state index contributed by atoms with van der Waals surface area (Å²) in [7, 11) is 0. The lowest BCUT2D eigenvalue weighted by Crippen LogP contribution is -2.44. The SMILES string of the molecule is Cc1ccc(C2(CNC(=O)c3ccc(C)c(C)c3)CCOCC2)cc1. The highest BCUT2D eigenvalue weighted by molar-refractivity contribution is 5.94. The van der Waals surface area contributed by atoms with E-state index < -0.39 is 0 Å². The predicted molar refractivity (Wildman–Crippen MR) is 101 cm³/mol. The Morgan fingerprint density at radius 3 is 2.32 bits per heavy atom. The zero-order valence-corrected chi connectivity index (χ0v) is 15.4. The summed E-state index contributed by atoms with van der Waals surface area (Å²) >= 11 is 0. The Labute approximate surface area is 150 Å².